The van der Waals surface area contributed by atoms with Crippen molar-refractivity contribution in [3.63, 3.8) is 0 Å². The zero-order valence-electron chi connectivity index (χ0n) is 13.0. The van der Waals surface area contributed by atoms with Crippen LogP contribution < -0.4 is 5.32 Å². The summed E-state index contributed by atoms with van der Waals surface area (Å²) in [5.74, 6) is 0. The van der Waals surface area contributed by atoms with Crippen LogP contribution in [0.4, 0.5) is 0 Å². The molecule has 1 aliphatic rings. The fraction of sp³-hybridized carbons (Fsp3) is 0.647. The van der Waals surface area contributed by atoms with E-state index in [2.05, 4.69) is 40.5 Å². The molecule has 118 valence electrons. The molecular formula is C17H28N2O2. The molecule has 0 bridgehead atoms. The van der Waals surface area contributed by atoms with Crippen molar-refractivity contribution in [2.45, 2.75) is 37.9 Å². The lowest BCUT2D eigenvalue weighted by atomic mass is 10.0. The lowest BCUT2D eigenvalue weighted by molar-refractivity contribution is 0.121. The van der Waals surface area contributed by atoms with Gasteiger partial charge in [-0.25, -0.2) is 0 Å². The van der Waals surface area contributed by atoms with E-state index < -0.39 is 0 Å². The Morgan fingerprint density at radius 1 is 1.38 bits per heavy atom. The van der Waals surface area contributed by atoms with Crippen molar-refractivity contribution in [2.24, 2.45) is 0 Å². The van der Waals surface area contributed by atoms with Crippen LogP contribution in [0.3, 0.4) is 0 Å². The third-order valence-electron chi connectivity index (χ3n) is 4.07. The van der Waals surface area contributed by atoms with Crippen LogP contribution >= 0.6 is 0 Å². The lowest BCUT2D eigenvalue weighted by Crippen LogP contribution is -2.50. The van der Waals surface area contributed by atoms with Crippen molar-refractivity contribution in [3.8, 4) is 0 Å². The summed E-state index contributed by atoms with van der Waals surface area (Å²) in [6.07, 6.45) is 3.18. The van der Waals surface area contributed by atoms with Gasteiger partial charge in [0.15, 0.2) is 0 Å². The van der Waals surface area contributed by atoms with E-state index in [0.29, 0.717) is 12.6 Å². The van der Waals surface area contributed by atoms with Crippen LogP contribution in [0.2, 0.25) is 0 Å². The van der Waals surface area contributed by atoms with Crippen molar-refractivity contribution in [3.05, 3.63) is 35.9 Å². The molecular weight excluding hydrogens is 264 g/mol. The van der Waals surface area contributed by atoms with Crippen LogP contribution in [-0.4, -0.2) is 55.5 Å². The summed E-state index contributed by atoms with van der Waals surface area (Å²) in [5.41, 5.74) is 1.38. The van der Waals surface area contributed by atoms with Gasteiger partial charge in [-0.3, -0.25) is 4.90 Å². The second kappa shape index (κ2) is 9.15. The van der Waals surface area contributed by atoms with Gasteiger partial charge in [0.1, 0.15) is 0 Å². The Balaban J connectivity index is 1.82. The van der Waals surface area contributed by atoms with E-state index in [1.807, 2.05) is 0 Å². The van der Waals surface area contributed by atoms with Gasteiger partial charge in [-0.2, -0.15) is 0 Å². The molecule has 1 aromatic rings. The molecule has 0 aromatic heterocycles. The number of benzene rings is 1. The van der Waals surface area contributed by atoms with Gasteiger partial charge in [-0.05, 0) is 31.4 Å². The van der Waals surface area contributed by atoms with Gasteiger partial charge < -0.3 is 15.2 Å². The number of hydrogen-bond acceptors (Lipinski definition) is 4. The molecule has 1 heterocycles. The largest absolute Gasteiger partial charge is 0.396 e. The summed E-state index contributed by atoms with van der Waals surface area (Å²) in [4.78, 5) is 2.51. The van der Waals surface area contributed by atoms with Crippen molar-refractivity contribution in [1.29, 1.82) is 0 Å². The molecule has 0 saturated carbocycles. The van der Waals surface area contributed by atoms with Crippen molar-refractivity contribution in [2.75, 3.05) is 33.4 Å². The molecule has 21 heavy (non-hydrogen) atoms. The fourth-order valence-corrected chi connectivity index (χ4v) is 3.08. The number of methoxy groups -OCH3 is 1. The van der Waals surface area contributed by atoms with Gasteiger partial charge in [0.2, 0.25) is 0 Å². The van der Waals surface area contributed by atoms with E-state index in [4.69, 9.17) is 9.84 Å². The first-order valence-corrected chi connectivity index (χ1v) is 7.94. The van der Waals surface area contributed by atoms with E-state index in [-0.39, 0.29) is 12.6 Å². The summed E-state index contributed by atoms with van der Waals surface area (Å²) in [6.45, 7) is 4.13. The maximum atomic E-state index is 9.13. The maximum absolute atomic E-state index is 9.13. The highest BCUT2D eigenvalue weighted by Crippen LogP contribution is 2.14. The number of ether oxygens (including phenoxy) is 1. The SMILES string of the molecule is COCC(CCO)NC1CCCN(Cc2ccccc2)C1. The predicted molar refractivity (Wildman–Crippen MR) is 85.2 cm³/mol. The third kappa shape index (κ3) is 5.75. The van der Waals surface area contributed by atoms with Crippen LogP contribution in [0.25, 0.3) is 0 Å². The molecule has 2 N–H and O–H groups in total. The molecule has 0 amide bonds. The van der Waals surface area contributed by atoms with Gasteiger partial charge in [0, 0.05) is 38.9 Å². The van der Waals surface area contributed by atoms with Gasteiger partial charge in [-0.1, -0.05) is 30.3 Å². The van der Waals surface area contributed by atoms with Crippen molar-refractivity contribution in [1.82, 2.24) is 10.2 Å². The Morgan fingerprint density at radius 3 is 2.90 bits per heavy atom. The first-order valence-electron chi connectivity index (χ1n) is 7.94. The van der Waals surface area contributed by atoms with Gasteiger partial charge >= 0.3 is 0 Å². The molecule has 4 heteroatoms. The monoisotopic (exact) mass is 292 g/mol. The van der Waals surface area contributed by atoms with Gasteiger partial charge in [0.25, 0.3) is 0 Å². The Morgan fingerprint density at radius 2 is 2.19 bits per heavy atom. The highest BCUT2D eigenvalue weighted by atomic mass is 16.5. The van der Waals surface area contributed by atoms with Crippen LogP contribution in [0.15, 0.2) is 30.3 Å². The van der Waals surface area contributed by atoms with Crippen LogP contribution in [-0.2, 0) is 11.3 Å². The summed E-state index contributed by atoms with van der Waals surface area (Å²) < 4.78 is 5.23. The summed E-state index contributed by atoms with van der Waals surface area (Å²) >= 11 is 0. The van der Waals surface area contributed by atoms with Crippen LogP contribution in [0.5, 0.6) is 0 Å². The lowest BCUT2D eigenvalue weighted by Gasteiger charge is -2.35. The number of aliphatic hydroxyl groups excluding tert-OH is 1. The molecule has 1 saturated heterocycles. The number of nitrogens with zero attached hydrogens (tertiary/aromatic N) is 1. The summed E-state index contributed by atoms with van der Waals surface area (Å²) in [7, 11) is 1.72. The quantitative estimate of drug-likeness (QED) is 0.764. The van der Waals surface area contributed by atoms with Gasteiger partial charge in [-0.15, -0.1) is 0 Å². The predicted octanol–water partition coefficient (Wildman–Crippen LogP) is 1.64. The highest BCUT2D eigenvalue weighted by molar-refractivity contribution is 5.14. The number of hydrogen-bond donors (Lipinski definition) is 2. The van der Waals surface area contributed by atoms with E-state index in [0.717, 1.165) is 19.5 Å². The summed E-state index contributed by atoms with van der Waals surface area (Å²) in [6, 6.07) is 11.4. The van der Waals surface area contributed by atoms with E-state index >= 15 is 0 Å². The maximum Gasteiger partial charge on any atom is 0.0616 e. The molecule has 1 aliphatic heterocycles. The highest BCUT2D eigenvalue weighted by Gasteiger charge is 2.22. The first-order chi connectivity index (χ1) is 10.3. The molecule has 0 radical (unpaired) electrons. The van der Waals surface area contributed by atoms with Gasteiger partial charge in [0.05, 0.1) is 6.61 Å². The zero-order valence-corrected chi connectivity index (χ0v) is 13.0. The average Bonchev–Trinajstić information content (AvgIpc) is 2.49. The second-order valence-corrected chi connectivity index (χ2v) is 5.89. The molecule has 2 atom stereocenters. The number of likely N-dealkylation sites (tertiary alicyclic amines) is 1. The minimum absolute atomic E-state index is 0.210. The average molecular weight is 292 g/mol. The number of aliphatic hydroxyl groups is 1. The first kappa shape index (κ1) is 16.4. The molecule has 1 fully saturated rings. The molecule has 2 unspecified atom stereocenters. The minimum atomic E-state index is 0.210. The second-order valence-electron chi connectivity index (χ2n) is 5.89. The topological polar surface area (TPSA) is 44.7 Å². The Labute approximate surface area is 128 Å². The normalized spacial score (nSPS) is 21.3. The van der Waals surface area contributed by atoms with E-state index in [9.17, 15) is 0 Å². The summed E-state index contributed by atoms with van der Waals surface area (Å²) in [5, 5.41) is 12.8. The van der Waals surface area contributed by atoms with Crippen LogP contribution in [0, 0.1) is 0 Å². The minimum Gasteiger partial charge on any atom is -0.396 e. The smallest absolute Gasteiger partial charge is 0.0616 e. The Bertz CT molecular complexity index is 380. The molecule has 0 spiro atoms. The van der Waals surface area contributed by atoms with Crippen molar-refractivity contribution >= 4 is 0 Å². The van der Waals surface area contributed by atoms with E-state index in [1.54, 1.807) is 7.11 Å². The fourth-order valence-electron chi connectivity index (χ4n) is 3.08. The molecule has 1 aromatic carbocycles. The number of piperidine rings is 1. The standard InChI is InChI=1S/C17H28N2O2/c1-21-14-17(9-11-20)18-16-8-5-10-19(13-16)12-15-6-3-2-4-7-15/h2-4,6-7,16-18,20H,5,8-14H2,1H3. The third-order valence-corrected chi connectivity index (χ3v) is 4.07. The molecule has 0 aliphatic carbocycles. The molecule has 4 nitrogen and oxygen atoms in total. The number of rotatable bonds is 8. The zero-order chi connectivity index (χ0) is 14.9. The Kier molecular flexibility index (Phi) is 7.16. The Hall–Kier alpha value is -0.940. The number of nitrogens with one attached hydrogen (secondary N) is 1. The van der Waals surface area contributed by atoms with Crippen LogP contribution in [0.1, 0.15) is 24.8 Å². The van der Waals surface area contributed by atoms with Crippen molar-refractivity contribution < 1.29 is 9.84 Å². The van der Waals surface area contributed by atoms with E-state index in [1.165, 1.54) is 24.9 Å². The molecule has 2 rings (SSSR count).